The Morgan fingerprint density at radius 3 is 2.38 bits per heavy atom. The number of ketones is 1. The number of benzene rings is 1. The van der Waals surface area contributed by atoms with Gasteiger partial charge in [0.1, 0.15) is 6.04 Å². The van der Waals surface area contributed by atoms with Crippen LogP contribution in [0.5, 0.6) is 0 Å². The van der Waals surface area contributed by atoms with Gasteiger partial charge in [-0.05, 0) is 31.4 Å². The predicted octanol–water partition coefficient (Wildman–Crippen LogP) is 1.67. The Morgan fingerprint density at radius 1 is 1.29 bits per heavy atom. The number of carboxylic acid groups (broad SMARTS) is 1. The van der Waals surface area contributed by atoms with E-state index in [1.807, 2.05) is 0 Å². The average Bonchev–Trinajstić information content (AvgIpc) is 2.37. The van der Waals surface area contributed by atoms with Crippen LogP contribution in [0.2, 0.25) is 0 Å². The molecule has 7 heteroatoms. The number of aliphatic carboxylic acids is 1. The van der Waals surface area contributed by atoms with Crippen molar-refractivity contribution in [1.29, 1.82) is 0 Å². The summed E-state index contributed by atoms with van der Waals surface area (Å²) < 4.78 is 26.6. The van der Waals surface area contributed by atoms with Gasteiger partial charge in [0.05, 0.1) is 4.90 Å². The molecule has 6 nitrogen and oxygen atoms in total. The maximum absolute atomic E-state index is 12.2. The van der Waals surface area contributed by atoms with Crippen molar-refractivity contribution in [3.05, 3.63) is 29.8 Å². The Kier molecular flexibility index (Phi) is 5.62. The molecule has 1 aromatic carbocycles. The molecule has 0 aliphatic carbocycles. The van der Waals surface area contributed by atoms with Crippen molar-refractivity contribution in [2.24, 2.45) is 5.92 Å². The van der Waals surface area contributed by atoms with E-state index >= 15 is 0 Å². The Morgan fingerprint density at radius 2 is 1.90 bits per heavy atom. The fourth-order valence-electron chi connectivity index (χ4n) is 1.81. The van der Waals surface area contributed by atoms with E-state index in [1.165, 1.54) is 31.2 Å². The molecule has 2 N–H and O–H groups in total. The van der Waals surface area contributed by atoms with Gasteiger partial charge in [-0.15, -0.1) is 0 Å². The summed E-state index contributed by atoms with van der Waals surface area (Å²) >= 11 is 0. The molecule has 0 saturated heterocycles. The highest BCUT2D eigenvalue weighted by Gasteiger charge is 2.26. The fourth-order valence-corrected chi connectivity index (χ4v) is 3.06. The monoisotopic (exact) mass is 313 g/mol. The van der Waals surface area contributed by atoms with Crippen molar-refractivity contribution in [1.82, 2.24) is 4.72 Å². The normalized spacial score (nSPS) is 13.1. The lowest BCUT2D eigenvalue weighted by Gasteiger charge is -2.16. The molecule has 1 rings (SSSR count). The molecule has 116 valence electrons. The zero-order chi connectivity index (χ0) is 16.2. The number of carbonyl (C=O) groups excluding carboxylic acids is 1. The van der Waals surface area contributed by atoms with Crippen molar-refractivity contribution >= 4 is 21.8 Å². The lowest BCUT2D eigenvalue weighted by Crippen LogP contribution is -2.41. The van der Waals surface area contributed by atoms with E-state index in [1.54, 1.807) is 13.8 Å². The second-order valence-electron chi connectivity index (χ2n) is 5.23. The predicted molar refractivity (Wildman–Crippen MR) is 77.6 cm³/mol. The number of carbonyl (C=O) groups is 2. The first-order valence-corrected chi connectivity index (χ1v) is 7.98. The average molecular weight is 313 g/mol. The first kappa shape index (κ1) is 17.3. The third-order valence-electron chi connectivity index (χ3n) is 2.85. The van der Waals surface area contributed by atoms with Crippen molar-refractivity contribution < 1.29 is 23.1 Å². The molecule has 1 atom stereocenters. The van der Waals surface area contributed by atoms with Crippen LogP contribution in [0.3, 0.4) is 0 Å². The van der Waals surface area contributed by atoms with Gasteiger partial charge in [-0.25, -0.2) is 8.42 Å². The molecule has 0 fully saturated rings. The molecule has 0 heterocycles. The molecule has 0 unspecified atom stereocenters. The van der Waals surface area contributed by atoms with Crippen molar-refractivity contribution in [2.45, 2.75) is 38.1 Å². The summed E-state index contributed by atoms with van der Waals surface area (Å²) in [7, 11) is -3.99. The van der Waals surface area contributed by atoms with Crippen LogP contribution in [-0.2, 0) is 14.8 Å². The third kappa shape index (κ3) is 4.95. The molecule has 0 bridgehead atoms. The van der Waals surface area contributed by atoms with Gasteiger partial charge >= 0.3 is 5.97 Å². The van der Waals surface area contributed by atoms with Gasteiger partial charge in [-0.3, -0.25) is 9.59 Å². The van der Waals surface area contributed by atoms with Gasteiger partial charge in [-0.1, -0.05) is 26.0 Å². The highest BCUT2D eigenvalue weighted by molar-refractivity contribution is 7.89. The summed E-state index contributed by atoms with van der Waals surface area (Å²) in [4.78, 5) is 22.3. The summed E-state index contributed by atoms with van der Waals surface area (Å²) in [6.07, 6.45) is 0.182. The lowest BCUT2D eigenvalue weighted by molar-refractivity contribution is -0.139. The minimum absolute atomic E-state index is 0.0253. The van der Waals surface area contributed by atoms with Crippen LogP contribution >= 0.6 is 0 Å². The number of hydrogen-bond donors (Lipinski definition) is 2. The maximum Gasteiger partial charge on any atom is 0.321 e. The Hall–Kier alpha value is -1.73. The molecule has 0 aliphatic heterocycles. The summed E-state index contributed by atoms with van der Waals surface area (Å²) in [6, 6.07) is 4.31. The number of carboxylic acids is 1. The zero-order valence-corrected chi connectivity index (χ0v) is 13.0. The van der Waals surface area contributed by atoms with Gasteiger partial charge in [0, 0.05) is 5.56 Å². The molecule has 0 aromatic heterocycles. The smallest absolute Gasteiger partial charge is 0.321 e. The van der Waals surface area contributed by atoms with Gasteiger partial charge in [0.2, 0.25) is 10.0 Å². The Balaban J connectivity index is 3.07. The summed E-state index contributed by atoms with van der Waals surface area (Å²) in [5, 5.41) is 9.09. The number of sulfonamides is 1. The molecule has 21 heavy (non-hydrogen) atoms. The van der Waals surface area contributed by atoms with E-state index in [0.717, 1.165) is 0 Å². The van der Waals surface area contributed by atoms with Crippen LogP contribution in [0.1, 0.15) is 37.6 Å². The van der Waals surface area contributed by atoms with Crippen LogP contribution in [-0.4, -0.2) is 31.3 Å². The molecule has 0 aliphatic rings. The van der Waals surface area contributed by atoms with E-state index in [4.69, 9.17) is 5.11 Å². The van der Waals surface area contributed by atoms with E-state index < -0.39 is 22.0 Å². The molecular formula is C14H19NO5S. The highest BCUT2D eigenvalue weighted by atomic mass is 32.2. The van der Waals surface area contributed by atoms with Crippen LogP contribution in [0.25, 0.3) is 0 Å². The fraction of sp³-hybridized carbons (Fsp3) is 0.429. The number of hydrogen-bond acceptors (Lipinski definition) is 4. The minimum atomic E-state index is -3.99. The summed E-state index contributed by atoms with van der Waals surface area (Å²) in [5.41, 5.74) is 0.258. The first-order valence-electron chi connectivity index (χ1n) is 6.49. The molecule has 1 aromatic rings. The SMILES string of the molecule is CC(=O)c1cccc(S(=O)(=O)N[C@@H](CC(C)C)C(=O)O)c1. The van der Waals surface area contributed by atoms with Crippen molar-refractivity contribution in [2.75, 3.05) is 0 Å². The van der Waals surface area contributed by atoms with Crippen molar-refractivity contribution in [3.8, 4) is 0 Å². The standard InChI is InChI=1S/C14H19NO5S/c1-9(2)7-13(14(17)18)15-21(19,20)12-6-4-5-11(8-12)10(3)16/h4-6,8-9,13,15H,7H2,1-3H3,(H,17,18)/t13-/m0/s1. The third-order valence-corrected chi connectivity index (χ3v) is 4.32. The van der Waals surface area contributed by atoms with Crippen molar-refractivity contribution in [3.63, 3.8) is 0 Å². The topological polar surface area (TPSA) is 101 Å². The maximum atomic E-state index is 12.2. The molecule has 0 amide bonds. The summed E-state index contributed by atoms with van der Waals surface area (Å²) in [6.45, 7) is 4.94. The molecule has 0 saturated carbocycles. The molecule has 0 radical (unpaired) electrons. The van der Waals surface area contributed by atoms with E-state index in [0.29, 0.717) is 0 Å². The number of nitrogens with one attached hydrogen (secondary N) is 1. The Bertz CT molecular complexity index is 637. The van der Waals surface area contributed by atoms with Crippen LogP contribution in [0.15, 0.2) is 29.2 Å². The van der Waals surface area contributed by atoms with Gasteiger partial charge in [-0.2, -0.15) is 4.72 Å². The lowest BCUT2D eigenvalue weighted by atomic mass is 10.1. The minimum Gasteiger partial charge on any atom is -0.480 e. The van der Waals surface area contributed by atoms with Crippen LogP contribution in [0.4, 0.5) is 0 Å². The highest BCUT2D eigenvalue weighted by Crippen LogP contribution is 2.14. The molecule has 0 spiro atoms. The van der Waals surface area contributed by atoms with E-state index in [2.05, 4.69) is 4.72 Å². The number of Topliss-reactive ketones (excluding diaryl/α,β-unsaturated/α-hetero) is 1. The number of rotatable bonds is 7. The first-order chi connectivity index (χ1) is 9.63. The van der Waals surface area contributed by atoms with Gasteiger partial charge in [0.15, 0.2) is 5.78 Å². The van der Waals surface area contributed by atoms with Gasteiger partial charge in [0.25, 0.3) is 0 Å². The summed E-state index contributed by atoms with van der Waals surface area (Å²) in [5.74, 6) is -1.46. The van der Waals surface area contributed by atoms with Gasteiger partial charge < -0.3 is 5.11 Å². The quantitative estimate of drug-likeness (QED) is 0.746. The van der Waals surface area contributed by atoms with E-state index in [9.17, 15) is 18.0 Å². The second kappa shape index (κ2) is 6.82. The van der Waals surface area contributed by atoms with Crippen LogP contribution < -0.4 is 4.72 Å². The second-order valence-corrected chi connectivity index (χ2v) is 6.94. The zero-order valence-electron chi connectivity index (χ0n) is 12.2. The largest absolute Gasteiger partial charge is 0.480 e. The van der Waals surface area contributed by atoms with Crippen LogP contribution in [0, 0.1) is 5.92 Å². The molecular weight excluding hydrogens is 294 g/mol. The van der Waals surface area contributed by atoms with E-state index in [-0.39, 0.29) is 28.6 Å². The Labute approximate surface area is 124 Å².